The zero-order valence-corrected chi connectivity index (χ0v) is 11.2. The van der Waals surface area contributed by atoms with Gasteiger partial charge in [-0.05, 0) is 40.3 Å². The monoisotopic (exact) mass is 286 g/mol. The van der Waals surface area contributed by atoms with Crippen LogP contribution in [0.1, 0.15) is 5.56 Å². The number of tetrazole rings is 1. The van der Waals surface area contributed by atoms with Gasteiger partial charge in [-0.15, -0.1) is 0 Å². The first-order chi connectivity index (χ1) is 9.74. The quantitative estimate of drug-likeness (QED) is 0.741. The van der Waals surface area contributed by atoms with Crippen molar-refractivity contribution in [2.45, 2.75) is 6.54 Å². The van der Waals surface area contributed by atoms with Crippen molar-refractivity contribution in [3.8, 4) is 5.69 Å². The number of nitrogens with zero attached hydrogens (tertiary/aromatic N) is 4. The highest BCUT2D eigenvalue weighted by Crippen LogP contribution is 2.11. The molecule has 0 spiro atoms. The molecule has 0 fully saturated rings. The van der Waals surface area contributed by atoms with Gasteiger partial charge in [-0.3, -0.25) is 0 Å². The van der Waals surface area contributed by atoms with Crippen LogP contribution in [-0.2, 0) is 6.54 Å². The first kappa shape index (κ1) is 12.6. The van der Waals surface area contributed by atoms with Gasteiger partial charge in [0.2, 0.25) is 0 Å². The second kappa shape index (κ2) is 5.30. The molecular formula is C14H11ClN4O. The third-order valence-corrected chi connectivity index (χ3v) is 3.10. The Bertz CT molecular complexity index is 779. The first-order valence-electron chi connectivity index (χ1n) is 6.07. The maximum absolute atomic E-state index is 12.2. The van der Waals surface area contributed by atoms with E-state index in [4.69, 9.17) is 11.6 Å². The minimum absolute atomic E-state index is 0.281. The lowest BCUT2D eigenvalue weighted by Gasteiger charge is -2.00. The Morgan fingerprint density at radius 3 is 2.55 bits per heavy atom. The normalized spacial score (nSPS) is 10.7. The van der Waals surface area contributed by atoms with E-state index < -0.39 is 0 Å². The minimum atomic E-state index is -0.281. The fraction of sp³-hybridized carbons (Fsp3) is 0.0714. The molecule has 0 saturated heterocycles. The second-order valence-electron chi connectivity index (χ2n) is 4.30. The van der Waals surface area contributed by atoms with Gasteiger partial charge < -0.3 is 0 Å². The van der Waals surface area contributed by atoms with Crippen molar-refractivity contribution >= 4 is 11.6 Å². The number of aromatic nitrogens is 4. The fourth-order valence-electron chi connectivity index (χ4n) is 1.91. The van der Waals surface area contributed by atoms with Crippen molar-refractivity contribution in [1.82, 2.24) is 19.8 Å². The van der Waals surface area contributed by atoms with E-state index in [1.54, 1.807) is 24.3 Å². The van der Waals surface area contributed by atoms with Gasteiger partial charge in [0.25, 0.3) is 0 Å². The van der Waals surface area contributed by atoms with E-state index in [0.717, 1.165) is 5.56 Å². The Morgan fingerprint density at radius 1 is 1.00 bits per heavy atom. The summed E-state index contributed by atoms with van der Waals surface area (Å²) in [5, 5.41) is 8.41. The second-order valence-corrected chi connectivity index (χ2v) is 4.73. The van der Waals surface area contributed by atoms with Crippen molar-refractivity contribution in [3.63, 3.8) is 0 Å². The molecule has 2 aromatic carbocycles. The molecule has 0 N–H and O–H groups in total. The van der Waals surface area contributed by atoms with Gasteiger partial charge in [0.05, 0.1) is 12.2 Å². The molecule has 6 heteroatoms. The Labute approximate surface area is 120 Å². The Morgan fingerprint density at radius 2 is 1.80 bits per heavy atom. The van der Waals surface area contributed by atoms with Crippen LogP contribution in [0.3, 0.4) is 0 Å². The molecule has 1 heterocycles. The lowest BCUT2D eigenvalue weighted by atomic mass is 10.2. The molecule has 0 radical (unpaired) electrons. The molecule has 0 aliphatic heterocycles. The summed E-state index contributed by atoms with van der Waals surface area (Å²) in [6.45, 7) is 0.340. The summed E-state index contributed by atoms with van der Waals surface area (Å²) in [4.78, 5) is 12.2. The van der Waals surface area contributed by atoms with Crippen molar-refractivity contribution in [2.24, 2.45) is 0 Å². The molecule has 0 atom stereocenters. The minimum Gasteiger partial charge on any atom is -0.244 e. The van der Waals surface area contributed by atoms with Gasteiger partial charge in [0.15, 0.2) is 0 Å². The predicted octanol–water partition coefficient (Wildman–Crippen LogP) is 2.13. The smallest absolute Gasteiger partial charge is 0.244 e. The third-order valence-electron chi connectivity index (χ3n) is 2.86. The lowest BCUT2D eigenvalue weighted by molar-refractivity contribution is 0.632. The summed E-state index contributed by atoms with van der Waals surface area (Å²) in [5.74, 6) is 0. The SMILES string of the molecule is O=c1n(Cc2cccc(Cl)c2)nnn1-c1ccccc1. The number of hydrogen-bond acceptors (Lipinski definition) is 3. The summed E-state index contributed by atoms with van der Waals surface area (Å²) in [7, 11) is 0. The molecule has 0 unspecified atom stereocenters. The number of hydrogen-bond donors (Lipinski definition) is 0. The van der Waals surface area contributed by atoms with E-state index >= 15 is 0 Å². The van der Waals surface area contributed by atoms with Crippen LogP contribution < -0.4 is 5.69 Å². The number of halogens is 1. The van der Waals surface area contributed by atoms with E-state index in [0.29, 0.717) is 17.3 Å². The highest BCUT2D eigenvalue weighted by molar-refractivity contribution is 6.30. The summed E-state index contributed by atoms with van der Waals surface area (Å²) in [6.07, 6.45) is 0. The van der Waals surface area contributed by atoms with E-state index in [1.807, 2.05) is 30.3 Å². The maximum Gasteiger partial charge on any atom is 0.368 e. The summed E-state index contributed by atoms with van der Waals surface area (Å²) in [5.41, 5.74) is 1.31. The van der Waals surface area contributed by atoms with Gasteiger partial charge >= 0.3 is 5.69 Å². The van der Waals surface area contributed by atoms with E-state index in [2.05, 4.69) is 10.4 Å². The maximum atomic E-state index is 12.2. The number of para-hydroxylation sites is 1. The zero-order chi connectivity index (χ0) is 13.9. The topological polar surface area (TPSA) is 52.7 Å². The third kappa shape index (κ3) is 2.48. The van der Waals surface area contributed by atoms with Gasteiger partial charge in [-0.2, -0.15) is 9.36 Å². The summed E-state index contributed by atoms with van der Waals surface area (Å²) < 4.78 is 2.57. The standard InChI is InChI=1S/C14H11ClN4O/c15-12-6-4-5-11(9-12)10-18-14(20)19(17-16-18)13-7-2-1-3-8-13/h1-9H,10H2. The van der Waals surface area contributed by atoms with Crippen molar-refractivity contribution in [1.29, 1.82) is 0 Å². The first-order valence-corrected chi connectivity index (χ1v) is 6.44. The summed E-state index contributed by atoms with van der Waals surface area (Å²) >= 11 is 5.92. The molecule has 0 amide bonds. The number of benzene rings is 2. The van der Waals surface area contributed by atoms with E-state index in [9.17, 15) is 4.79 Å². The fourth-order valence-corrected chi connectivity index (χ4v) is 2.13. The van der Waals surface area contributed by atoms with Crippen LogP contribution in [0.2, 0.25) is 5.02 Å². The molecule has 3 rings (SSSR count). The van der Waals surface area contributed by atoms with Gasteiger partial charge in [-0.1, -0.05) is 41.9 Å². The molecule has 0 saturated carbocycles. The van der Waals surface area contributed by atoms with Crippen LogP contribution in [-0.4, -0.2) is 19.8 Å². The van der Waals surface area contributed by atoms with Crippen LogP contribution in [0.15, 0.2) is 59.4 Å². The van der Waals surface area contributed by atoms with Crippen LogP contribution >= 0.6 is 11.6 Å². The average Bonchev–Trinajstić information content (AvgIpc) is 2.81. The number of rotatable bonds is 3. The molecule has 3 aromatic rings. The van der Waals surface area contributed by atoms with Crippen molar-refractivity contribution < 1.29 is 0 Å². The van der Waals surface area contributed by atoms with Crippen LogP contribution in [0, 0.1) is 0 Å². The average molecular weight is 287 g/mol. The largest absolute Gasteiger partial charge is 0.368 e. The Balaban J connectivity index is 1.94. The predicted molar refractivity (Wildman–Crippen MR) is 76.2 cm³/mol. The zero-order valence-electron chi connectivity index (χ0n) is 10.5. The van der Waals surface area contributed by atoms with Gasteiger partial charge in [-0.25, -0.2) is 4.79 Å². The van der Waals surface area contributed by atoms with Gasteiger partial charge in [0, 0.05) is 5.02 Å². The molecule has 20 heavy (non-hydrogen) atoms. The van der Waals surface area contributed by atoms with Crippen LogP contribution in [0.5, 0.6) is 0 Å². The van der Waals surface area contributed by atoms with E-state index in [-0.39, 0.29) is 5.69 Å². The Hall–Kier alpha value is -2.40. The molecular weight excluding hydrogens is 276 g/mol. The molecule has 0 aliphatic carbocycles. The molecule has 0 aliphatic rings. The lowest BCUT2D eigenvalue weighted by Crippen LogP contribution is -2.24. The van der Waals surface area contributed by atoms with Crippen LogP contribution in [0.4, 0.5) is 0 Å². The van der Waals surface area contributed by atoms with Crippen molar-refractivity contribution in [3.05, 3.63) is 75.7 Å². The molecule has 5 nitrogen and oxygen atoms in total. The van der Waals surface area contributed by atoms with Gasteiger partial charge in [0.1, 0.15) is 0 Å². The summed E-state index contributed by atoms with van der Waals surface area (Å²) in [6, 6.07) is 16.5. The van der Waals surface area contributed by atoms with E-state index in [1.165, 1.54) is 9.36 Å². The molecule has 100 valence electrons. The molecule has 0 bridgehead atoms. The highest BCUT2D eigenvalue weighted by Gasteiger charge is 2.08. The molecule has 1 aromatic heterocycles. The highest BCUT2D eigenvalue weighted by atomic mass is 35.5. The van der Waals surface area contributed by atoms with Crippen LogP contribution in [0.25, 0.3) is 5.69 Å². The van der Waals surface area contributed by atoms with Crippen molar-refractivity contribution in [2.75, 3.05) is 0 Å². The Kier molecular flexibility index (Phi) is 3.35.